The van der Waals surface area contributed by atoms with Crippen molar-refractivity contribution in [2.75, 3.05) is 14.7 Å². The Kier molecular flexibility index (Phi) is 9.07. The van der Waals surface area contributed by atoms with E-state index in [1.807, 2.05) is 48.5 Å². The van der Waals surface area contributed by atoms with Gasteiger partial charge in [0.1, 0.15) is 0 Å². The molecule has 0 saturated heterocycles. The first-order valence-corrected chi connectivity index (χ1v) is 21.0. The zero-order valence-electron chi connectivity index (χ0n) is 32.9. The first-order valence-electron chi connectivity index (χ1n) is 20.2. The molecule has 0 radical (unpaired) electrons. The Labute approximate surface area is 359 Å². The Morgan fingerprint density at radius 1 is 0.393 bits per heavy atom. The number of nitrogens with zero attached hydrogens (tertiary/aromatic N) is 4. The molecular formula is C55H36N4OS. The van der Waals surface area contributed by atoms with Gasteiger partial charge >= 0.3 is 0 Å². The molecule has 0 fully saturated rings. The van der Waals surface area contributed by atoms with Gasteiger partial charge in [-0.1, -0.05) is 127 Å². The Morgan fingerprint density at radius 3 is 1.69 bits per heavy atom. The van der Waals surface area contributed by atoms with E-state index >= 15 is 0 Å². The Balaban J connectivity index is 0.984. The van der Waals surface area contributed by atoms with Gasteiger partial charge in [0.25, 0.3) is 0 Å². The number of para-hydroxylation sites is 4. The van der Waals surface area contributed by atoms with Crippen molar-refractivity contribution in [3.8, 4) is 33.8 Å². The van der Waals surface area contributed by atoms with Gasteiger partial charge in [0.05, 0.1) is 29.3 Å². The smallest absolute Gasteiger partial charge is 0.189 e. The largest absolute Gasteiger partial charge is 0.453 e. The van der Waals surface area contributed by atoms with E-state index in [1.165, 1.54) is 5.56 Å². The minimum absolute atomic E-state index is 0.613. The average molecular weight is 801 g/mol. The maximum absolute atomic E-state index is 7.69. The molecule has 2 aliphatic heterocycles. The molecule has 9 aromatic carbocycles. The van der Waals surface area contributed by atoms with Crippen LogP contribution in [0.15, 0.2) is 228 Å². The van der Waals surface area contributed by atoms with Crippen LogP contribution in [0, 0.1) is 6.57 Å². The van der Waals surface area contributed by atoms with Crippen LogP contribution in [0.5, 0.6) is 11.5 Å². The summed E-state index contributed by atoms with van der Waals surface area (Å²) >= 11 is 1.77. The molecule has 0 unspecified atom stereocenters. The van der Waals surface area contributed by atoms with Crippen LogP contribution in [0.1, 0.15) is 0 Å². The molecule has 288 valence electrons. The van der Waals surface area contributed by atoms with Crippen LogP contribution in [-0.2, 0) is 0 Å². The molecule has 0 amide bonds. The monoisotopic (exact) mass is 800 g/mol. The number of benzene rings is 9. The third-order valence-corrected chi connectivity index (χ3v) is 12.3. The molecule has 0 N–H and O–H groups in total. The van der Waals surface area contributed by atoms with Crippen molar-refractivity contribution in [3.05, 3.63) is 230 Å². The van der Waals surface area contributed by atoms with Crippen LogP contribution in [-0.4, -0.2) is 0 Å². The number of hydrogen-bond donors (Lipinski definition) is 0. The van der Waals surface area contributed by atoms with Crippen molar-refractivity contribution >= 4 is 68.6 Å². The first-order chi connectivity index (χ1) is 30.2. The van der Waals surface area contributed by atoms with Gasteiger partial charge in [0.2, 0.25) is 0 Å². The Hall–Kier alpha value is -7.98. The van der Waals surface area contributed by atoms with Gasteiger partial charge in [-0.25, -0.2) is 4.85 Å². The zero-order valence-corrected chi connectivity index (χ0v) is 33.7. The maximum Gasteiger partial charge on any atom is 0.189 e. The molecule has 0 aromatic heterocycles. The van der Waals surface area contributed by atoms with E-state index in [0.717, 1.165) is 89.2 Å². The standard InChI is InChI=1S/C55H36N4OS/c1-56-42-15-12-18-46(36-42)59-50-20-9-11-22-54(50)61-55-37-47(32-34-51(55)59)57(44-28-23-39(24-29-44)38-13-4-2-5-14-38)45-30-25-40(26-31-45)41-27-33-49-53(35-41)60-52-21-10-8-19-48(52)58(49)43-16-6-3-7-17-43/h2-37H. The topological polar surface area (TPSA) is 23.3 Å². The summed E-state index contributed by atoms with van der Waals surface area (Å²) < 4.78 is 6.56. The van der Waals surface area contributed by atoms with Gasteiger partial charge in [-0.05, 0) is 125 Å². The number of rotatable bonds is 7. The lowest BCUT2D eigenvalue weighted by Crippen LogP contribution is -2.16. The van der Waals surface area contributed by atoms with Crippen LogP contribution < -0.4 is 19.4 Å². The first kappa shape index (κ1) is 36.1. The highest BCUT2D eigenvalue weighted by Gasteiger charge is 2.28. The SMILES string of the molecule is [C-]#[N+]c1cccc(N2c3ccccc3Sc3cc(N(c4ccc(-c5ccccc5)cc4)c4ccc(-c5ccc6c(c5)Oc5ccccc5N6c5ccccc5)cc4)ccc32)c1. The second-order valence-electron chi connectivity index (χ2n) is 14.9. The zero-order chi connectivity index (χ0) is 40.7. The highest BCUT2D eigenvalue weighted by molar-refractivity contribution is 7.99. The minimum atomic E-state index is 0.613. The number of fused-ring (bicyclic) bond motifs is 4. The predicted octanol–water partition coefficient (Wildman–Crippen LogP) is 16.6. The summed E-state index contributed by atoms with van der Waals surface area (Å²) in [4.78, 5) is 12.9. The summed E-state index contributed by atoms with van der Waals surface area (Å²) in [6.07, 6.45) is 0. The molecule has 0 atom stereocenters. The second kappa shape index (κ2) is 15.3. The van der Waals surface area contributed by atoms with Crippen molar-refractivity contribution in [1.29, 1.82) is 0 Å². The molecule has 0 bridgehead atoms. The van der Waals surface area contributed by atoms with E-state index in [2.05, 4.69) is 189 Å². The predicted molar refractivity (Wildman–Crippen MR) is 252 cm³/mol. The van der Waals surface area contributed by atoms with E-state index in [0.29, 0.717) is 5.69 Å². The van der Waals surface area contributed by atoms with Crippen LogP contribution in [0.4, 0.5) is 56.9 Å². The van der Waals surface area contributed by atoms with Gasteiger partial charge in [-0.15, -0.1) is 0 Å². The quantitative estimate of drug-likeness (QED) is 0.149. The van der Waals surface area contributed by atoms with Gasteiger partial charge in [-0.2, -0.15) is 0 Å². The van der Waals surface area contributed by atoms with Gasteiger partial charge < -0.3 is 19.4 Å². The summed E-state index contributed by atoms with van der Waals surface area (Å²) in [5.41, 5.74) is 14.5. The van der Waals surface area contributed by atoms with Crippen LogP contribution in [0.3, 0.4) is 0 Å². The van der Waals surface area contributed by atoms with E-state index in [4.69, 9.17) is 11.3 Å². The summed E-state index contributed by atoms with van der Waals surface area (Å²) in [6, 6.07) is 76.3. The third-order valence-electron chi connectivity index (χ3n) is 11.2. The fraction of sp³-hybridized carbons (Fsp3) is 0. The molecule has 2 aliphatic rings. The lowest BCUT2D eigenvalue weighted by molar-refractivity contribution is 0.477. The van der Waals surface area contributed by atoms with E-state index in [1.54, 1.807) is 11.8 Å². The molecule has 11 rings (SSSR count). The number of ether oxygens (including phenoxy) is 1. The average Bonchev–Trinajstić information content (AvgIpc) is 3.33. The number of anilines is 9. The van der Waals surface area contributed by atoms with Crippen molar-refractivity contribution in [2.45, 2.75) is 9.79 Å². The lowest BCUT2D eigenvalue weighted by Gasteiger charge is -2.34. The van der Waals surface area contributed by atoms with Gasteiger partial charge in [-0.3, -0.25) is 0 Å². The van der Waals surface area contributed by atoms with Crippen molar-refractivity contribution in [1.82, 2.24) is 0 Å². The highest BCUT2D eigenvalue weighted by atomic mass is 32.2. The third kappa shape index (κ3) is 6.64. The minimum Gasteiger partial charge on any atom is -0.453 e. The van der Waals surface area contributed by atoms with Crippen molar-refractivity contribution in [3.63, 3.8) is 0 Å². The van der Waals surface area contributed by atoms with Crippen LogP contribution in [0.2, 0.25) is 0 Å². The normalized spacial score (nSPS) is 12.2. The molecule has 0 spiro atoms. The summed E-state index contributed by atoms with van der Waals surface area (Å²) in [7, 11) is 0. The van der Waals surface area contributed by atoms with E-state index in [9.17, 15) is 0 Å². The molecule has 0 aliphatic carbocycles. The Bertz CT molecular complexity index is 3110. The molecule has 2 heterocycles. The summed E-state index contributed by atoms with van der Waals surface area (Å²) in [6.45, 7) is 7.69. The van der Waals surface area contributed by atoms with Crippen LogP contribution in [0.25, 0.3) is 27.1 Å². The molecule has 9 aromatic rings. The van der Waals surface area contributed by atoms with Crippen LogP contribution >= 0.6 is 11.8 Å². The van der Waals surface area contributed by atoms with Gasteiger partial charge in [0.15, 0.2) is 17.2 Å². The van der Waals surface area contributed by atoms with Gasteiger partial charge in [0, 0.05) is 38.2 Å². The lowest BCUT2D eigenvalue weighted by atomic mass is 10.0. The summed E-state index contributed by atoms with van der Waals surface area (Å²) in [5, 5.41) is 0. The number of hydrogen-bond acceptors (Lipinski definition) is 5. The summed E-state index contributed by atoms with van der Waals surface area (Å²) in [5.74, 6) is 1.64. The van der Waals surface area contributed by atoms with Crippen molar-refractivity contribution < 1.29 is 4.74 Å². The molecule has 0 saturated carbocycles. The molecular weight excluding hydrogens is 765 g/mol. The molecule has 61 heavy (non-hydrogen) atoms. The fourth-order valence-electron chi connectivity index (χ4n) is 8.34. The second-order valence-corrected chi connectivity index (χ2v) is 16.0. The maximum atomic E-state index is 7.69. The van der Waals surface area contributed by atoms with Crippen molar-refractivity contribution in [2.24, 2.45) is 0 Å². The highest BCUT2D eigenvalue weighted by Crippen LogP contribution is 2.54. The Morgan fingerprint density at radius 2 is 0.934 bits per heavy atom. The fourth-order valence-corrected chi connectivity index (χ4v) is 9.43. The molecule has 5 nitrogen and oxygen atoms in total. The van der Waals surface area contributed by atoms with E-state index < -0.39 is 0 Å². The molecule has 6 heteroatoms. The van der Waals surface area contributed by atoms with E-state index in [-0.39, 0.29) is 0 Å².